The second-order valence-corrected chi connectivity index (χ2v) is 7.18. The van der Waals surface area contributed by atoms with Crippen molar-refractivity contribution >= 4 is 21.6 Å². The highest BCUT2D eigenvalue weighted by Crippen LogP contribution is 2.26. The van der Waals surface area contributed by atoms with Gasteiger partial charge in [-0.1, -0.05) is 17.7 Å². The van der Waals surface area contributed by atoms with Crippen molar-refractivity contribution in [2.75, 3.05) is 17.5 Å². The Morgan fingerprint density at radius 3 is 2.24 bits per heavy atom. The molecule has 0 saturated heterocycles. The van der Waals surface area contributed by atoms with Crippen LogP contribution in [0.25, 0.3) is 0 Å². The zero-order chi connectivity index (χ0) is 18.4. The molecular formula is C17H21N3O4S. The number of ether oxygens (including phenoxy) is 1. The Hall–Kier alpha value is -2.58. The van der Waals surface area contributed by atoms with Crippen LogP contribution < -0.4 is 20.3 Å². The average Bonchev–Trinajstić information content (AvgIpc) is 2.61. The van der Waals surface area contributed by atoms with Crippen LogP contribution in [0, 0.1) is 6.92 Å². The number of benzene rings is 2. The lowest BCUT2D eigenvalue weighted by Gasteiger charge is -2.24. The Balaban J connectivity index is 2.44. The van der Waals surface area contributed by atoms with E-state index >= 15 is 0 Å². The number of hydrogen-bond donors (Lipinski definition) is 2. The fourth-order valence-electron chi connectivity index (χ4n) is 2.20. The minimum Gasteiger partial charge on any atom is -0.494 e. The van der Waals surface area contributed by atoms with Gasteiger partial charge in [-0.25, -0.2) is 14.3 Å². The molecule has 3 N–H and O–H groups in total. The lowest BCUT2D eigenvalue weighted by atomic mass is 10.2. The number of nitrogens with zero attached hydrogens (tertiary/aromatic N) is 1. The van der Waals surface area contributed by atoms with Gasteiger partial charge in [0.15, 0.2) is 0 Å². The molecule has 0 spiro atoms. The first kappa shape index (κ1) is 18.8. The van der Waals surface area contributed by atoms with E-state index in [0.29, 0.717) is 18.0 Å². The lowest BCUT2D eigenvalue weighted by Crippen LogP contribution is -2.43. The number of nitrogens with two attached hydrogens (primary N) is 1. The summed E-state index contributed by atoms with van der Waals surface area (Å²) < 4.78 is 32.3. The fourth-order valence-corrected chi connectivity index (χ4v) is 3.62. The predicted octanol–water partition coefficient (Wildman–Crippen LogP) is 1.58. The standard InChI is InChI=1S/C17H21N3O4S/c1-3-24-15-8-6-14(7-9-15)20(12-17(21)19-18)25(22,23)16-10-4-13(2)5-11-16/h4-11H,3,12,18H2,1-2H3,(H,19,21). The summed E-state index contributed by atoms with van der Waals surface area (Å²) in [5.41, 5.74) is 3.24. The minimum absolute atomic E-state index is 0.0943. The highest BCUT2D eigenvalue weighted by atomic mass is 32.2. The largest absolute Gasteiger partial charge is 0.494 e. The maximum atomic E-state index is 13.0. The van der Waals surface area contributed by atoms with Gasteiger partial charge in [0, 0.05) is 0 Å². The van der Waals surface area contributed by atoms with Gasteiger partial charge in [0.25, 0.3) is 15.9 Å². The number of aryl methyl sites for hydroxylation is 1. The molecule has 0 aliphatic rings. The molecule has 25 heavy (non-hydrogen) atoms. The molecule has 8 heteroatoms. The molecule has 0 aliphatic heterocycles. The van der Waals surface area contributed by atoms with Crippen LogP contribution >= 0.6 is 0 Å². The number of amides is 1. The van der Waals surface area contributed by atoms with Gasteiger partial charge in [0.1, 0.15) is 12.3 Å². The molecule has 2 rings (SSSR count). The van der Waals surface area contributed by atoms with E-state index in [-0.39, 0.29) is 4.90 Å². The lowest BCUT2D eigenvalue weighted by molar-refractivity contribution is -0.119. The highest BCUT2D eigenvalue weighted by Gasteiger charge is 2.27. The summed E-state index contributed by atoms with van der Waals surface area (Å²) >= 11 is 0. The highest BCUT2D eigenvalue weighted by molar-refractivity contribution is 7.92. The van der Waals surface area contributed by atoms with Gasteiger partial charge in [-0.15, -0.1) is 0 Å². The van der Waals surface area contributed by atoms with E-state index in [9.17, 15) is 13.2 Å². The number of anilines is 1. The van der Waals surface area contributed by atoms with Crippen molar-refractivity contribution in [1.82, 2.24) is 5.43 Å². The Morgan fingerprint density at radius 1 is 1.12 bits per heavy atom. The molecule has 0 atom stereocenters. The van der Waals surface area contributed by atoms with Crippen LogP contribution in [-0.4, -0.2) is 27.5 Å². The molecule has 1 amide bonds. The van der Waals surface area contributed by atoms with E-state index in [1.807, 2.05) is 19.3 Å². The number of nitrogens with one attached hydrogen (secondary N) is 1. The summed E-state index contributed by atoms with van der Waals surface area (Å²) in [5.74, 6) is 5.12. The number of hydrogen-bond acceptors (Lipinski definition) is 5. The number of carbonyl (C=O) groups is 1. The van der Waals surface area contributed by atoms with E-state index in [1.165, 1.54) is 12.1 Å². The molecule has 2 aromatic rings. The molecule has 2 aromatic carbocycles. The zero-order valence-corrected chi connectivity index (χ0v) is 14.9. The fraction of sp³-hybridized carbons (Fsp3) is 0.235. The molecule has 0 fully saturated rings. The average molecular weight is 363 g/mol. The summed E-state index contributed by atoms with van der Waals surface area (Å²) in [6.45, 7) is 3.79. The molecule has 0 saturated carbocycles. The van der Waals surface area contributed by atoms with Crippen molar-refractivity contribution in [3.63, 3.8) is 0 Å². The minimum atomic E-state index is -3.93. The topological polar surface area (TPSA) is 102 Å². The Morgan fingerprint density at radius 2 is 1.72 bits per heavy atom. The number of carbonyl (C=O) groups excluding carboxylic acids is 1. The van der Waals surface area contributed by atoms with Crippen LogP contribution in [0.4, 0.5) is 5.69 Å². The monoisotopic (exact) mass is 363 g/mol. The third kappa shape index (κ3) is 4.49. The van der Waals surface area contributed by atoms with E-state index in [4.69, 9.17) is 10.6 Å². The predicted molar refractivity (Wildman–Crippen MR) is 95.7 cm³/mol. The van der Waals surface area contributed by atoms with Crippen LogP contribution in [-0.2, 0) is 14.8 Å². The first-order valence-corrected chi connectivity index (χ1v) is 9.14. The number of sulfonamides is 1. The van der Waals surface area contributed by atoms with Gasteiger partial charge in [-0.05, 0) is 50.2 Å². The first-order valence-electron chi connectivity index (χ1n) is 7.70. The second-order valence-electron chi connectivity index (χ2n) is 5.32. The van der Waals surface area contributed by atoms with Gasteiger partial charge in [-0.2, -0.15) is 0 Å². The Kier molecular flexibility index (Phi) is 6.00. The van der Waals surface area contributed by atoms with Crippen LogP contribution in [0.1, 0.15) is 12.5 Å². The molecule has 134 valence electrons. The van der Waals surface area contributed by atoms with Gasteiger partial charge >= 0.3 is 0 Å². The summed E-state index contributed by atoms with van der Waals surface area (Å²) in [7, 11) is -3.93. The maximum absolute atomic E-state index is 13.0. The molecule has 0 aromatic heterocycles. The van der Waals surface area contributed by atoms with Crippen LogP contribution in [0.5, 0.6) is 5.75 Å². The number of hydrazine groups is 1. The Bertz CT molecular complexity index is 818. The third-order valence-corrected chi connectivity index (χ3v) is 5.28. The Labute approximate surface area is 147 Å². The van der Waals surface area contributed by atoms with Crippen LogP contribution in [0.2, 0.25) is 0 Å². The molecule has 0 unspecified atom stereocenters. The van der Waals surface area contributed by atoms with Crippen molar-refractivity contribution in [2.45, 2.75) is 18.7 Å². The summed E-state index contributed by atoms with van der Waals surface area (Å²) in [4.78, 5) is 11.8. The van der Waals surface area contributed by atoms with Crippen LogP contribution in [0.3, 0.4) is 0 Å². The van der Waals surface area contributed by atoms with E-state index < -0.39 is 22.5 Å². The van der Waals surface area contributed by atoms with E-state index in [2.05, 4.69) is 0 Å². The third-order valence-electron chi connectivity index (χ3n) is 3.49. The van der Waals surface area contributed by atoms with Crippen molar-refractivity contribution in [2.24, 2.45) is 5.84 Å². The number of rotatable bonds is 7. The van der Waals surface area contributed by atoms with Gasteiger partial charge in [-0.3, -0.25) is 14.5 Å². The molecule has 7 nitrogen and oxygen atoms in total. The van der Waals surface area contributed by atoms with E-state index in [0.717, 1.165) is 9.87 Å². The van der Waals surface area contributed by atoms with Gasteiger partial charge in [0.2, 0.25) is 0 Å². The van der Waals surface area contributed by atoms with Crippen molar-refractivity contribution in [1.29, 1.82) is 0 Å². The molecule has 0 radical (unpaired) electrons. The van der Waals surface area contributed by atoms with Crippen molar-refractivity contribution in [3.8, 4) is 5.75 Å². The van der Waals surface area contributed by atoms with Crippen LogP contribution in [0.15, 0.2) is 53.4 Å². The molecule has 0 aliphatic carbocycles. The maximum Gasteiger partial charge on any atom is 0.264 e. The summed E-state index contributed by atoms with van der Waals surface area (Å²) in [5, 5.41) is 0. The second kappa shape index (κ2) is 8.00. The SMILES string of the molecule is CCOc1ccc(N(CC(=O)NN)S(=O)(=O)c2ccc(C)cc2)cc1. The normalized spacial score (nSPS) is 11.0. The smallest absolute Gasteiger partial charge is 0.264 e. The quantitative estimate of drug-likeness (QED) is 0.442. The first-order chi connectivity index (χ1) is 11.9. The summed E-state index contributed by atoms with van der Waals surface area (Å²) in [6, 6.07) is 12.9. The zero-order valence-electron chi connectivity index (χ0n) is 14.1. The van der Waals surface area contributed by atoms with Gasteiger partial charge < -0.3 is 4.74 Å². The molecule has 0 heterocycles. The van der Waals surface area contributed by atoms with Crippen molar-refractivity contribution < 1.29 is 17.9 Å². The van der Waals surface area contributed by atoms with E-state index in [1.54, 1.807) is 36.4 Å². The molecule has 0 bridgehead atoms. The van der Waals surface area contributed by atoms with Crippen molar-refractivity contribution in [3.05, 3.63) is 54.1 Å². The molecular weight excluding hydrogens is 342 g/mol. The van der Waals surface area contributed by atoms with Gasteiger partial charge in [0.05, 0.1) is 17.2 Å². The summed E-state index contributed by atoms with van der Waals surface area (Å²) in [6.07, 6.45) is 0.